The van der Waals surface area contributed by atoms with Gasteiger partial charge in [0, 0.05) is 16.8 Å². The molecule has 0 aliphatic heterocycles. The van der Waals surface area contributed by atoms with Crippen LogP contribution >= 0.6 is 11.6 Å². The third-order valence-electron chi connectivity index (χ3n) is 2.72. The van der Waals surface area contributed by atoms with Crippen molar-refractivity contribution in [3.05, 3.63) is 29.3 Å². The largest absolute Gasteiger partial charge is 0.335 e. The molecule has 1 unspecified atom stereocenters. The van der Waals surface area contributed by atoms with Crippen LogP contribution in [0, 0.1) is 0 Å². The predicted octanol–water partition coefficient (Wildman–Crippen LogP) is 4.43. The fraction of sp³-hybridized carbons (Fsp3) is 0.500. The SMILES string of the molecule is CCCCCC(C)NC(=O)Nc1ccc(Cl)cc1. The van der Waals surface area contributed by atoms with Gasteiger partial charge in [-0.25, -0.2) is 4.79 Å². The van der Waals surface area contributed by atoms with E-state index < -0.39 is 0 Å². The van der Waals surface area contributed by atoms with Crippen molar-refractivity contribution in [2.75, 3.05) is 5.32 Å². The van der Waals surface area contributed by atoms with Crippen LogP contribution in [0.1, 0.15) is 39.5 Å². The lowest BCUT2D eigenvalue weighted by Gasteiger charge is -2.14. The van der Waals surface area contributed by atoms with Gasteiger partial charge in [0.05, 0.1) is 0 Å². The van der Waals surface area contributed by atoms with Crippen molar-refractivity contribution in [2.24, 2.45) is 0 Å². The molecule has 2 N–H and O–H groups in total. The molecule has 0 heterocycles. The fourth-order valence-electron chi connectivity index (χ4n) is 1.70. The Morgan fingerprint density at radius 1 is 1.28 bits per heavy atom. The second-order valence-electron chi connectivity index (χ2n) is 4.50. The first-order valence-electron chi connectivity index (χ1n) is 6.45. The molecule has 0 aliphatic rings. The standard InChI is InChI=1S/C14H21ClN2O/c1-3-4-5-6-11(2)16-14(18)17-13-9-7-12(15)8-10-13/h7-11H,3-6H2,1-2H3,(H2,16,17,18). The van der Waals surface area contributed by atoms with Gasteiger partial charge in [-0.3, -0.25) is 0 Å². The summed E-state index contributed by atoms with van der Waals surface area (Å²) in [4.78, 5) is 11.7. The number of unbranched alkanes of at least 4 members (excludes halogenated alkanes) is 2. The Morgan fingerprint density at radius 2 is 1.94 bits per heavy atom. The molecule has 0 saturated heterocycles. The molecular weight excluding hydrogens is 248 g/mol. The number of carbonyl (C=O) groups excluding carboxylic acids is 1. The van der Waals surface area contributed by atoms with E-state index in [1.807, 2.05) is 6.92 Å². The fourth-order valence-corrected chi connectivity index (χ4v) is 1.82. The number of halogens is 1. The third kappa shape index (κ3) is 5.92. The second kappa shape index (κ2) is 7.98. The van der Waals surface area contributed by atoms with Crippen LogP contribution in [0.3, 0.4) is 0 Å². The minimum absolute atomic E-state index is 0.165. The van der Waals surface area contributed by atoms with Gasteiger partial charge in [-0.1, -0.05) is 37.8 Å². The number of urea groups is 1. The van der Waals surface area contributed by atoms with E-state index in [1.165, 1.54) is 12.8 Å². The van der Waals surface area contributed by atoms with E-state index in [-0.39, 0.29) is 12.1 Å². The highest BCUT2D eigenvalue weighted by atomic mass is 35.5. The predicted molar refractivity (Wildman–Crippen MR) is 77.2 cm³/mol. The first kappa shape index (κ1) is 14.8. The average molecular weight is 269 g/mol. The Labute approximate surface area is 114 Å². The summed E-state index contributed by atoms with van der Waals surface area (Å²) in [5, 5.41) is 6.36. The zero-order valence-corrected chi connectivity index (χ0v) is 11.8. The number of benzene rings is 1. The summed E-state index contributed by atoms with van der Waals surface area (Å²) < 4.78 is 0. The lowest BCUT2D eigenvalue weighted by Crippen LogP contribution is -2.36. The van der Waals surface area contributed by atoms with Crippen LogP contribution in [-0.2, 0) is 0 Å². The molecule has 2 amide bonds. The second-order valence-corrected chi connectivity index (χ2v) is 4.94. The maximum absolute atomic E-state index is 11.7. The van der Waals surface area contributed by atoms with Crippen molar-refractivity contribution < 1.29 is 4.79 Å². The van der Waals surface area contributed by atoms with Crippen LogP contribution in [0.15, 0.2) is 24.3 Å². The Hall–Kier alpha value is -1.22. The molecule has 0 aliphatic carbocycles. The third-order valence-corrected chi connectivity index (χ3v) is 2.97. The molecule has 100 valence electrons. The number of hydrogen-bond acceptors (Lipinski definition) is 1. The highest BCUT2D eigenvalue weighted by Gasteiger charge is 2.06. The van der Waals surface area contributed by atoms with Gasteiger partial charge < -0.3 is 10.6 Å². The quantitative estimate of drug-likeness (QED) is 0.736. The number of anilines is 1. The van der Waals surface area contributed by atoms with Crippen molar-refractivity contribution in [3.8, 4) is 0 Å². The number of rotatable bonds is 6. The van der Waals surface area contributed by atoms with Gasteiger partial charge in [0.25, 0.3) is 0 Å². The Balaban J connectivity index is 2.30. The molecule has 0 saturated carbocycles. The van der Waals surface area contributed by atoms with Crippen molar-refractivity contribution >= 4 is 23.3 Å². The zero-order valence-electron chi connectivity index (χ0n) is 11.0. The Bertz CT molecular complexity index is 365. The number of hydrogen-bond donors (Lipinski definition) is 2. The first-order valence-corrected chi connectivity index (χ1v) is 6.82. The zero-order chi connectivity index (χ0) is 13.4. The van der Waals surface area contributed by atoms with Gasteiger partial charge in [0.1, 0.15) is 0 Å². The van der Waals surface area contributed by atoms with Crippen molar-refractivity contribution in [1.82, 2.24) is 5.32 Å². The topological polar surface area (TPSA) is 41.1 Å². The van der Waals surface area contributed by atoms with Crippen molar-refractivity contribution in [2.45, 2.75) is 45.6 Å². The average Bonchev–Trinajstić information content (AvgIpc) is 2.32. The summed E-state index contributed by atoms with van der Waals surface area (Å²) in [6.45, 7) is 4.20. The Morgan fingerprint density at radius 3 is 2.56 bits per heavy atom. The van der Waals surface area contributed by atoms with Gasteiger partial charge in [-0.15, -0.1) is 0 Å². The van der Waals surface area contributed by atoms with Gasteiger partial charge in [-0.05, 0) is 37.6 Å². The van der Waals surface area contributed by atoms with E-state index in [1.54, 1.807) is 24.3 Å². The minimum Gasteiger partial charge on any atom is -0.335 e. The van der Waals surface area contributed by atoms with E-state index in [0.29, 0.717) is 5.02 Å². The van der Waals surface area contributed by atoms with Crippen LogP contribution in [0.25, 0.3) is 0 Å². The van der Waals surface area contributed by atoms with Crippen LogP contribution in [0.5, 0.6) is 0 Å². The lowest BCUT2D eigenvalue weighted by molar-refractivity contribution is 0.248. The summed E-state index contributed by atoms with van der Waals surface area (Å²) >= 11 is 5.78. The normalized spacial score (nSPS) is 11.9. The molecule has 0 aromatic heterocycles. The van der Waals surface area contributed by atoms with E-state index >= 15 is 0 Å². The molecule has 0 radical (unpaired) electrons. The molecule has 18 heavy (non-hydrogen) atoms. The number of nitrogens with one attached hydrogen (secondary N) is 2. The monoisotopic (exact) mass is 268 g/mol. The summed E-state index contributed by atoms with van der Waals surface area (Å²) in [5.41, 5.74) is 0.748. The lowest BCUT2D eigenvalue weighted by atomic mass is 10.1. The van der Waals surface area contributed by atoms with Gasteiger partial charge in [0.2, 0.25) is 0 Å². The van der Waals surface area contributed by atoms with Gasteiger partial charge in [-0.2, -0.15) is 0 Å². The molecule has 1 aromatic carbocycles. The molecule has 0 spiro atoms. The maximum atomic E-state index is 11.7. The van der Waals surface area contributed by atoms with E-state index in [2.05, 4.69) is 17.6 Å². The maximum Gasteiger partial charge on any atom is 0.319 e. The van der Waals surface area contributed by atoms with Gasteiger partial charge in [0.15, 0.2) is 0 Å². The molecule has 0 fully saturated rings. The van der Waals surface area contributed by atoms with Gasteiger partial charge >= 0.3 is 6.03 Å². The molecular formula is C14H21ClN2O. The highest BCUT2D eigenvalue weighted by Crippen LogP contribution is 2.13. The first-order chi connectivity index (χ1) is 8.61. The van der Waals surface area contributed by atoms with E-state index in [4.69, 9.17) is 11.6 Å². The summed E-state index contributed by atoms with van der Waals surface area (Å²) in [6, 6.07) is 7.10. The molecule has 1 atom stereocenters. The summed E-state index contributed by atoms with van der Waals surface area (Å²) in [7, 11) is 0. The van der Waals surface area contributed by atoms with E-state index in [0.717, 1.165) is 18.5 Å². The van der Waals surface area contributed by atoms with Crippen molar-refractivity contribution in [1.29, 1.82) is 0 Å². The van der Waals surface area contributed by atoms with Crippen LogP contribution in [-0.4, -0.2) is 12.1 Å². The molecule has 1 rings (SSSR count). The number of carbonyl (C=O) groups is 1. The van der Waals surface area contributed by atoms with Crippen LogP contribution < -0.4 is 10.6 Å². The number of amides is 2. The smallest absolute Gasteiger partial charge is 0.319 e. The molecule has 4 heteroatoms. The Kier molecular flexibility index (Phi) is 6.58. The summed E-state index contributed by atoms with van der Waals surface area (Å²) in [5.74, 6) is 0. The molecule has 3 nitrogen and oxygen atoms in total. The molecule has 0 bridgehead atoms. The van der Waals surface area contributed by atoms with Crippen LogP contribution in [0.4, 0.5) is 10.5 Å². The minimum atomic E-state index is -0.165. The van der Waals surface area contributed by atoms with Crippen LogP contribution in [0.2, 0.25) is 5.02 Å². The molecule has 1 aromatic rings. The van der Waals surface area contributed by atoms with Crippen molar-refractivity contribution in [3.63, 3.8) is 0 Å². The summed E-state index contributed by atoms with van der Waals surface area (Å²) in [6.07, 6.45) is 4.58. The highest BCUT2D eigenvalue weighted by molar-refractivity contribution is 6.30. The van der Waals surface area contributed by atoms with E-state index in [9.17, 15) is 4.79 Å².